The molecule has 3 saturated carbocycles. The second kappa shape index (κ2) is 8.56. The van der Waals surface area contributed by atoms with Crippen LogP contribution in [-0.4, -0.2) is 46.6 Å². The van der Waals surface area contributed by atoms with Crippen molar-refractivity contribution in [1.29, 1.82) is 0 Å². The minimum atomic E-state index is -3.85. The fourth-order valence-corrected chi connectivity index (χ4v) is 10.8. The smallest absolute Gasteiger partial charge is 0.272 e. The van der Waals surface area contributed by atoms with E-state index in [1.54, 1.807) is 28.9 Å². The van der Waals surface area contributed by atoms with E-state index in [0.29, 0.717) is 24.2 Å². The van der Waals surface area contributed by atoms with Crippen molar-refractivity contribution in [3.63, 3.8) is 0 Å². The van der Waals surface area contributed by atoms with Crippen LogP contribution >= 0.6 is 0 Å². The highest BCUT2D eigenvalue weighted by Gasteiger charge is 2.69. The van der Waals surface area contributed by atoms with E-state index in [9.17, 15) is 13.2 Å². The highest BCUT2D eigenvalue weighted by atomic mass is 32.2. The molecule has 2 aromatic rings. The van der Waals surface area contributed by atoms with E-state index in [0.717, 1.165) is 44.1 Å². The molecule has 0 N–H and O–H groups in total. The summed E-state index contributed by atoms with van der Waals surface area (Å²) in [5, 5.41) is 12.2. The molecule has 9 heteroatoms. The van der Waals surface area contributed by atoms with Gasteiger partial charge in [-0.05, 0) is 114 Å². The zero-order valence-corrected chi connectivity index (χ0v) is 24.0. The van der Waals surface area contributed by atoms with Crippen molar-refractivity contribution in [1.82, 2.24) is 20.2 Å². The van der Waals surface area contributed by atoms with Crippen LogP contribution < -0.4 is 0 Å². The van der Waals surface area contributed by atoms with Crippen LogP contribution in [0.25, 0.3) is 0 Å². The first-order valence-electron chi connectivity index (χ1n) is 14.6. The predicted octanol–water partition coefficient (Wildman–Crippen LogP) is 4.90. The third-order valence-corrected chi connectivity index (χ3v) is 13.2. The molecule has 7 rings (SSSR count). The van der Waals surface area contributed by atoms with Gasteiger partial charge in [-0.25, -0.2) is 13.1 Å². The molecule has 1 saturated heterocycles. The summed E-state index contributed by atoms with van der Waals surface area (Å²) in [4.78, 5) is 12.5. The number of nitrogens with zero attached hydrogens (tertiary/aromatic N) is 4. The van der Waals surface area contributed by atoms with E-state index in [1.165, 1.54) is 5.57 Å². The topological polar surface area (TPSA) is 107 Å². The Hall–Kier alpha value is -2.39. The summed E-state index contributed by atoms with van der Waals surface area (Å²) in [6, 6.07) is 6.78. The summed E-state index contributed by atoms with van der Waals surface area (Å²) < 4.78 is 35.3. The zero-order valence-electron chi connectivity index (χ0n) is 23.2. The average Bonchev–Trinajstić information content (AvgIpc) is 3.40. The van der Waals surface area contributed by atoms with Gasteiger partial charge in [0.2, 0.25) is 9.84 Å². The average molecular weight is 551 g/mol. The summed E-state index contributed by atoms with van der Waals surface area (Å²) >= 11 is 0. The molecule has 9 atom stereocenters. The Morgan fingerprint density at radius 2 is 1.87 bits per heavy atom. The Kier molecular flexibility index (Phi) is 5.61. The van der Waals surface area contributed by atoms with Gasteiger partial charge >= 0.3 is 0 Å². The third-order valence-electron chi connectivity index (χ3n) is 11.5. The highest BCUT2D eigenvalue weighted by Crippen LogP contribution is 2.71. The van der Waals surface area contributed by atoms with Gasteiger partial charge in [0.1, 0.15) is 6.10 Å². The molecule has 208 valence electrons. The van der Waals surface area contributed by atoms with Crippen molar-refractivity contribution in [2.24, 2.45) is 34.5 Å². The van der Waals surface area contributed by atoms with Gasteiger partial charge < -0.3 is 4.74 Å². The van der Waals surface area contributed by atoms with Crippen LogP contribution in [0, 0.1) is 41.4 Å². The van der Waals surface area contributed by atoms with E-state index in [2.05, 4.69) is 36.3 Å². The molecular formula is C30H38N4O4S. The lowest BCUT2D eigenvalue weighted by Crippen LogP contribution is -2.54. The number of hydrogen-bond donors (Lipinski definition) is 0. The Morgan fingerprint density at radius 1 is 1.10 bits per heavy atom. The molecule has 1 aromatic carbocycles. The number of ether oxygens (including phenoxy) is 1. The van der Waals surface area contributed by atoms with Crippen LogP contribution in [0.2, 0.25) is 0 Å². The van der Waals surface area contributed by atoms with Gasteiger partial charge in [0.05, 0.1) is 17.0 Å². The second-order valence-corrected chi connectivity index (χ2v) is 15.1. The van der Waals surface area contributed by atoms with E-state index >= 15 is 0 Å². The van der Waals surface area contributed by atoms with Crippen LogP contribution in [0.5, 0.6) is 0 Å². The largest absolute Gasteiger partial charge is 0.365 e. The first-order valence-corrected chi connectivity index (χ1v) is 16.1. The molecule has 4 aliphatic carbocycles. The van der Waals surface area contributed by atoms with Crippen molar-refractivity contribution in [3.05, 3.63) is 41.5 Å². The summed E-state index contributed by atoms with van der Waals surface area (Å²) in [5.74, 6) is 2.05. The number of rotatable bonds is 5. The van der Waals surface area contributed by atoms with Crippen molar-refractivity contribution in [2.45, 2.75) is 101 Å². The van der Waals surface area contributed by atoms with Gasteiger partial charge in [0.15, 0.2) is 5.78 Å². The summed E-state index contributed by atoms with van der Waals surface area (Å²) in [6.07, 6.45) is 8.92. The van der Waals surface area contributed by atoms with E-state index in [4.69, 9.17) is 4.74 Å². The lowest BCUT2D eigenvalue weighted by Gasteiger charge is -2.57. The SMILES string of the molecule is CC[C@@H]([C@H]1CC[C@H]2[C@@H]3[C@@H]4O[C@@H]4C4=CC(=O)CC[C@]4(C)[C@H]3CC[C@]12C)n1nnnc1S(=O)(=O)c1ccc(C)cc1. The maximum atomic E-state index is 13.6. The van der Waals surface area contributed by atoms with Crippen LogP contribution in [0.15, 0.2) is 46.0 Å². The molecule has 5 aliphatic rings. The van der Waals surface area contributed by atoms with Gasteiger partial charge in [-0.1, -0.05) is 43.6 Å². The molecule has 0 bridgehead atoms. The molecule has 0 amide bonds. The monoisotopic (exact) mass is 550 g/mol. The molecule has 0 radical (unpaired) electrons. The van der Waals surface area contributed by atoms with Gasteiger partial charge in [0, 0.05) is 6.42 Å². The molecule has 4 fully saturated rings. The summed E-state index contributed by atoms with van der Waals surface area (Å²) in [7, 11) is -3.85. The van der Waals surface area contributed by atoms with Crippen LogP contribution in [0.4, 0.5) is 0 Å². The third kappa shape index (κ3) is 3.54. The molecule has 1 aliphatic heterocycles. The quantitative estimate of drug-likeness (QED) is 0.487. The standard InChI is InChI=1S/C30H38N4O4S/c1-5-24(34-28(31-32-33-34)39(36,37)19-8-6-17(2)7-9-19)20-10-11-21-25-22(13-15-29(20,21)3)30(4)14-12-18(35)16-23(30)26-27(25)38-26/h6-9,16,20-22,24-27H,5,10-15H2,1-4H3/t20-,21+,22+,24+,25+,26-,27+,29-,30-/m1/s1. The Bertz CT molecular complexity index is 1470. The van der Waals surface area contributed by atoms with Crippen LogP contribution in [-0.2, 0) is 19.4 Å². The summed E-state index contributed by atoms with van der Waals surface area (Å²) in [6.45, 7) is 8.87. The number of hydrogen-bond acceptors (Lipinski definition) is 7. The number of carbonyl (C=O) groups is 1. The number of aromatic nitrogens is 4. The Labute approximate surface area is 230 Å². The lowest BCUT2D eigenvalue weighted by atomic mass is 9.46. The summed E-state index contributed by atoms with van der Waals surface area (Å²) in [5.41, 5.74) is 2.36. The number of sulfone groups is 1. The molecule has 8 nitrogen and oxygen atoms in total. The van der Waals surface area contributed by atoms with E-state index in [-0.39, 0.29) is 50.8 Å². The van der Waals surface area contributed by atoms with E-state index in [1.807, 2.05) is 13.0 Å². The van der Waals surface area contributed by atoms with Crippen molar-refractivity contribution < 1.29 is 17.9 Å². The van der Waals surface area contributed by atoms with Gasteiger partial charge in [0.25, 0.3) is 5.16 Å². The van der Waals surface area contributed by atoms with E-state index < -0.39 is 9.84 Å². The number of carbonyl (C=O) groups excluding carboxylic acids is 1. The fourth-order valence-electron chi connectivity index (χ4n) is 9.50. The minimum Gasteiger partial charge on any atom is -0.365 e. The molecule has 1 aromatic heterocycles. The van der Waals surface area contributed by atoms with Gasteiger partial charge in [-0.2, -0.15) is 0 Å². The second-order valence-electron chi connectivity index (χ2n) is 13.2. The van der Waals surface area contributed by atoms with Crippen LogP contribution in [0.1, 0.15) is 77.3 Å². The number of aryl methyl sites for hydroxylation is 1. The molecular weight excluding hydrogens is 512 g/mol. The minimum absolute atomic E-state index is 0.0466. The molecule has 39 heavy (non-hydrogen) atoms. The first kappa shape index (κ1) is 25.6. The fraction of sp³-hybridized carbons (Fsp3) is 0.667. The maximum Gasteiger partial charge on any atom is 0.272 e. The molecule has 0 unspecified atom stereocenters. The number of ketones is 1. The van der Waals surface area contributed by atoms with Gasteiger partial charge in [-0.3, -0.25) is 4.79 Å². The number of tetrazole rings is 1. The maximum absolute atomic E-state index is 13.6. The number of fused-ring (bicyclic) bond motifs is 8. The normalized spacial score (nSPS) is 39.7. The van der Waals surface area contributed by atoms with Crippen molar-refractivity contribution in [2.75, 3.05) is 0 Å². The van der Waals surface area contributed by atoms with Gasteiger partial charge in [-0.15, -0.1) is 0 Å². The predicted molar refractivity (Wildman–Crippen MR) is 143 cm³/mol. The van der Waals surface area contributed by atoms with Crippen LogP contribution in [0.3, 0.4) is 0 Å². The first-order chi connectivity index (χ1) is 18.6. The molecule has 0 spiro atoms. The van der Waals surface area contributed by atoms with Crippen molar-refractivity contribution >= 4 is 15.6 Å². The number of benzene rings is 1. The lowest BCUT2D eigenvalue weighted by molar-refractivity contribution is -0.117. The zero-order chi connectivity index (χ0) is 27.3. The molecule has 2 heterocycles. The highest BCUT2D eigenvalue weighted by molar-refractivity contribution is 7.91. The Balaban J connectivity index is 1.22. The Morgan fingerprint density at radius 3 is 2.62 bits per heavy atom. The van der Waals surface area contributed by atoms with Crippen molar-refractivity contribution in [3.8, 4) is 0 Å². The number of epoxide rings is 1.